The number of aliphatic hydroxyl groups is 1. The molecule has 0 amide bonds. The van der Waals surface area contributed by atoms with Crippen LogP contribution in [-0.4, -0.2) is 24.3 Å². The molecule has 0 spiro atoms. The molecule has 0 aromatic carbocycles. The fourth-order valence-corrected chi connectivity index (χ4v) is 0.371. The summed E-state index contributed by atoms with van der Waals surface area (Å²) in [6, 6.07) is 0. The van der Waals surface area contributed by atoms with Gasteiger partial charge in [-0.15, -0.1) is 0 Å². The van der Waals surface area contributed by atoms with Crippen LogP contribution in [0.2, 0.25) is 0 Å². The van der Waals surface area contributed by atoms with Crippen LogP contribution in [0.5, 0.6) is 0 Å². The summed E-state index contributed by atoms with van der Waals surface area (Å²) in [5.41, 5.74) is -0.362. The molecular formula is C8H14O3. The van der Waals surface area contributed by atoms with E-state index in [4.69, 9.17) is 9.84 Å². The Morgan fingerprint density at radius 3 is 2.64 bits per heavy atom. The second kappa shape index (κ2) is 4.13. The van der Waals surface area contributed by atoms with Crippen LogP contribution in [0.1, 0.15) is 13.8 Å². The number of ether oxygens (including phenoxy) is 1. The van der Waals surface area contributed by atoms with Crippen LogP contribution in [0.3, 0.4) is 0 Å². The third-order valence-electron chi connectivity index (χ3n) is 1.20. The second-order valence-electron chi connectivity index (χ2n) is 3.13. The first-order valence-corrected chi connectivity index (χ1v) is 3.42. The lowest BCUT2D eigenvalue weighted by molar-refractivity contribution is -0.141. The van der Waals surface area contributed by atoms with Crippen molar-refractivity contribution in [3.63, 3.8) is 0 Å². The Labute approximate surface area is 66.7 Å². The van der Waals surface area contributed by atoms with Gasteiger partial charge in [0.05, 0.1) is 13.2 Å². The molecule has 11 heavy (non-hydrogen) atoms. The molecular weight excluding hydrogens is 144 g/mol. The number of esters is 1. The molecule has 0 saturated carbocycles. The summed E-state index contributed by atoms with van der Waals surface area (Å²) in [4.78, 5) is 10.6. The van der Waals surface area contributed by atoms with Crippen molar-refractivity contribution in [3.8, 4) is 0 Å². The van der Waals surface area contributed by atoms with Crippen LogP contribution in [-0.2, 0) is 9.53 Å². The molecule has 1 N–H and O–H groups in total. The van der Waals surface area contributed by atoms with Gasteiger partial charge in [-0.25, -0.2) is 4.79 Å². The zero-order chi connectivity index (χ0) is 8.91. The lowest BCUT2D eigenvalue weighted by atomic mass is 9.97. The van der Waals surface area contributed by atoms with Crippen molar-refractivity contribution in [1.29, 1.82) is 0 Å². The van der Waals surface area contributed by atoms with Gasteiger partial charge >= 0.3 is 5.97 Å². The van der Waals surface area contributed by atoms with Crippen LogP contribution in [0.15, 0.2) is 12.7 Å². The Morgan fingerprint density at radius 2 is 2.27 bits per heavy atom. The summed E-state index contributed by atoms with van der Waals surface area (Å²) >= 11 is 0. The summed E-state index contributed by atoms with van der Waals surface area (Å²) in [6.07, 6.45) is 1.10. The molecule has 0 aliphatic heterocycles. The zero-order valence-corrected chi connectivity index (χ0v) is 6.96. The predicted octanol–water partition coefficient (Wildman–Crippen LogP) is 0.734. The van der Waals surface area contributed by atoms with Crippen LogP contribution in [0, 0.1) is 5.41 Å². The molecule has 0 aromatic rings. The van der Waals surface area contributed by atoms with Crippen molar-refractivity contribution in [2.75, 3.05) is 13.2 Å². The van der Waals surface area contributed by atoms with Gasteiger partial charge in [0.1, 0.15) is 0 Å². The Morgan fingerprint density at radius 1 is 1.73 bits per heavy atom. The van der Waals surface area contributed by atoms with Gasteiger partial charge in [-0.3, -0.25) is 0 Å². The quantitative estimate of drug-likeness (QED) is 0.484. The Hall–Kier alpha value is -0.830. The maximum atomic E-state index is 10.6. The van der Waals surface area contributed by atoms with Crippen molar-refractivity contribution in [1.82, 2.24) is 0 Å². The van der Waals surface area contributed by atoms with Gasteiger partial charge in [0, 0.05) is 11.5 Å². The van der Waals surface area contributed by atoms with E-state index in [2.05, 4.69) is 6.58 Å². The highest BCUT2D eigenvalue weighted by molar-refractivity contribution is 5.81. The molecule has 3 heteroatoms. The summed E-state index contributed by atoms with van der Waals surface area (Å²) in [5.74, 6) is -0.452. The normalized spacial score (nSPS) is 10.8. The Kier molecular flexibility index (Phi) is 3.82. The van der Waals surface area contributed by atoms with Gasteiger partial charge < -0.3 is 9.84 Å². The zero-order valence-electron chi connectivity index (χ0n) is 6.96. The monoisotopic (exact) mass is 158 g/mol. The molecule has 0 atom stereocenters. The van der Waals surface area contributed by atoms with E-state index < -0.39 is 5.97 Å². The number of rotatable bonds is 4. The molecule has 0 rings (SSSR count). The molecule has 0 heterocycles. The van der Waals surface area contributed by atoms with E-state index in [0.717, 1.165) is 6.08 Å². The predicted molar refractivity (Wildman–Crippen MR) is 42.0 cm³/mol. The standard InChI is InChI=1S/C8H14O3/c1-4-7(10)11-6-8(2,3)5-9/h4,9H,1,5-6H2,2-3H3. The maximum absolute atomic E-state index is 10.6. The molecule has 0 bridgehead atoms. The van der Waals surface area contributed by atoms with Crippen molar-refractivity contribution in [2.45, 2.75) is 13.8 Å². The SMILES string of the molecule is C=CC(=O)OCC(C)(C)CO. The highest BCUT2D eigenvalue weighted by Crippen LogP contribution is 2.13. The Bertz CT molecular complexity index is 149. The molecule has 0 saturated heterocycles. The summed E-state index contributed by atoms with van der Waals surface area (Å²) in [5, 5.41) is 8.76. The van der Waals surface area contributed by atoms with Crippen molar-refractivity contribution >= 4 is 5.97 Å². The first kappa shape index (κ1) is 10.2. The topological polar surface area (TPSA) is 46.5 Å². The Balaban J connectivity index is 3.69. The van der Waals surface area contributed by atoms with E-state index >= 15 is 0 Å². The molecule has 0 fully saturated rings. The number of hydrogen-bond acceptors (Lipinski definition) is 3. The summed E-state index contributed by atoms with van der Waals surface area (Å²) < 4.78 is 4.73. The highest BCUT2D eigenvalue weighted by Gasteiger charge is 2.17. The molecule has 64 valence electrons. The van der Waals surface area contributed by atoms with Gasteiger partial charge in [-0.1, -0.05) is 20.4 Å². The highest BCUT2D eigenvalue weighted by atomic mass is 16.5. The lowest BCUT2D eigenvalue weighted by Crippen LogP contribution is -2.24. The van der Waals surface area contributed by atoms with Crippen molar-refractivity contribution in [2.24, 2.45) is 5.41 Å². The van der Waals surface area contributed by atoms with Gasteiger partial charge in [0.15, 0.2) is 0 Å². The number of carbonyl (C=O) groups is 1. The largest absolute Gasteiger partial charge is 0.462 e. The minimum atomic E-state index is -0.452. The molecule has 0 aromatic heterocycles. The molecule has 0 aliphatic carbocycles. The molecule has 0 radical (unpaired) electrons. The first-order chi connectivity index (χ1) is 5.02. The van der Waals surface area contributed by atoms with Crippen LogP contribution in [0.4, 0.5) is 0 Å². The second-order valence-corrected chi connectivity index (χ2v) is 3.13. The first-order valence-electron chi connectivity index (χ1n) is 3.42. The van der Waals surface area contributed by atoms with E-state index in [1.807, 2.05) is 13.8 Å². The third-order valence-corrected chi connectivity index (χ3v) is 1.20. The van der Waals surface area contributed by atoms with E-state index in [1.165, 1.54) is 0 Å². The van der Waals surface area contributed by atoms with Gasteiger partial charge in [-0.2, -0.15) is 0 Å². The average molecular weight is 158 g/mol. The summed E-state index contributed by atoms with van der Waals surface area (Å²) in [7, 11) is 0. The van der Waals surface area contributed by atoms with E-state index in [1.54, 1.807) is 0 Å². The minimum Gasteiger partial charge on any atom is -0.462 e. The molecule has 0 aliphatic rings. The van der Waals surface area contributed by atoms with Gasteiger partial charge in [0.25, 0.3) is 0 Å². The third kappa shape index (κ3) is 4.56. The maximum Gasteiger partial charge on any atom is 0.330 e. The van der Waals surface area contributed by atoms with Crippen LogP contribution in [0.25, 0.3) is 0 Å². The molecule has 3 nitrogen and oxygen atoms in total. The smallest absolute Gasteiger partial charge is 0.330 e. The molecule has 0 unspecified atom stereocenters. The van der Waals surface area contributed by atoms with Crippen molar-refractivity contribution in [3.05, 3.63) is 12.7 Å². The van der Waals surface area contributed by atoms with Gasteiger partial charge in [-0.05, 0) is 0 Å². The van der Waals surface area contributed by atoms with E-state index in [9.17, 15) is 4.79 Å². The van der Waals surface area contributed by atoms with E-state index in [-0.39, 0.29) is 18.6 Å². The lowest BCUT2D eigenvalue weighted by Gasteiger charge is -2.20. The average Bonchev–Trinajstić information content (AvgIpc) is 2.00. The summed E-state index contributed by atoms with van der Waals surface area (Å²) in [6.45, 7) is 7.08. The van der Waals surface area contributed by atoms with Crippen molar-refractivity contribution < 1.29 is 14.6 Å². The minimum absolute atomic E-state index is 0.00256. The van der Waals surface area contributed by atoms with Gasteiger partial charge in [0.2, 0.25) is 0 Å². The number of aliphatic hydroxyl groups excluding tert-OH is 1. The number of hydrogen-bond donors (Lipinski definition) is 1. The van der Waals surface area contributed by atoms with Crippen LogP contribution >= 0.6 is 0 Å². The number of carbonyl (C=O) groups excluding carboxylic acids is 1. The van der Waals surface area contributed by atoms with Crippen LogP contribution < -0.4 is 0 Å². The fourth-order valence-electron chi connectivity index (χ4n) is 0.371. The van der Waals surface area contributed by atoms with E-state index in [0.29, 0.717) is 0 Å². The fraction of sp³-hybridized carbons (Fsp3) is 0.625.